The molecule has 1 fully saturated rings. The molecule has 0 saturated carbocycles. The van der Waals surface area contributed by atoms with Crippen LogP contribution in [0.3, 0.4) is 0 Å². The van der Waals surface area contributed by atoms with Gasteiger partial charge in [-0.15, -0.1) is 0 Å². The number of hydrogen-bond acceptors (Lipinski definition) is 1. The molecule has 74 valence electrons. The van der Waals surface area contributed by atoms with Crippen LogP contribution in [0, 0.1) is 5.41 Å². The molecule has 0 aromatic carbocycles. The highest BCUT2D eigenvalue weighted by molar-refractivity contribution is 9.09. The van der Waals surface area contributed by atoms with E-state index in [-0.39, 0.29) is 17.0 Å². The Balaban J connectivity index is 0.00000121. The quantitative estimate of drug-likeness (QED) is 0.438. The zero-order valence-corrected chi connectivity index (χ0v) is 11.1. The van der Waals surface area contributed by atoms with E-state index < -0.39 is 0 Å². The van der Waals surface area contributed by atoms with Gasteiger partial charge in [0.25, 0.3) is 0 Å². The lowest BCUT2D eigenvalue weighted by atomic mass is 9.87. The molecular formula is C8H17Br2NO. The third-order valence-corrected chi connectivity index (χ3v) is 3.10. The molecule has 2 nitrogen and oxygen atoms in total. The van der Waals surface area contributed by atoms with E-state index in [1.165, 1.54) is 6.54 Å². The van der Waals surface area contributed by atoms with Gasteiger partial charge < -0.3 is 26.2 Å². The maximum Gasteiger partial charge on any atom is 0.0890 e. The van der Waals surface area contributed by atoms with Crippen molar-refractivity contribution in [3.05, 3.63) is 0 Å². The molecule has 0 bridgehead atoms. The largest absolute Gasteiger partial charge is 1.00 e. The first kappa shape index (κ1) is 12.9. The van der Waals surface area contributed by atoms with Crippen LogP contribution < -0.4 is 17.0 Å². The minimum atomic E-state index is 0. The van der Waals surface area contributed by atoms with Crippen LogP contribution in [0.5, 0.6) is 0 Å². The van der Waals surface area contributed by atoms with E-state index in [0.717, 1.165) is 23.0 Å². The molecule has 0 aliphatic carbocycles. The lowest BCUT2D eigenvalue weighted by Gasteiger charge is -2.43. The first-order valence-corrected chi connectivity index (χ1v) is 5.04. The Bertz CT molecular complexity index is 135. The fraction of sp³-hybridized carbons (Fsp3) is 1.00. The van der Waals surface area contributed by atoms with Crippen molar-refractivity contribution in [1.29, 1.82) is 0 Å². The van der Waals surface area contributed by atoms with E-state index in [0.29, 0.717) is 5.41 Å². The van der Waals surface area contributed by atoms with Gasteiger partial charge in [0, 0.05) is 5.33 Å². The van der Waals surface area contributed by atoms with Crippen molar-refractivity contribution in [2.24, 2.45) is 5.41 Å². The van der Waals surface area contributed by atoms with Gasteiger partial charge in [-0.2, -0.15) is 0 Å². The van der Waals surface area contributed by atoms with Gasteiger partial charge in [-0.25, -0.2) is 0 Å². The average Bonchev–Trinajstić information content (AvgIpc) is 1.77. The number of nitrogens with zero attached hydrogens (tertiary/aromatic N) is 1. The van der Waals surface area contributed by atoms with Gasteiger partial charge in [0.1, 0.15) is 0 Å². The predicted octanol–water partition coefficient (Wildman–Crippen LogP) is -1.89. The van der Waals surface area contributed by atoms with Crippen LogP contribution in [0.25, 0.3) is 0 Å². The number of halogens is 2. The Hall–Kier alpha value is 0.880. The molecule has 1 aliphatic rings. The summed E-state index contributed by atoms with van der Waals surface area (Å²) in [7, 11) is 6.67. The van der Waals surface area contributed by atoms with Gasteiger partial charge in [-0.1, -0.05) is 15.9 Å². The summed E-state index contributed by atoms with van der Waals surface area (Å²) in [5, 5.41) is 1.06. The molecule has 0 amide bonds. The van der Waals surface area contributed by atoms with Gasteiger partial charge >= 0.3 is 0 Å². The molecule has 1 saturated heterocycles. The van der Waals surface area contributed by atoms with Crippen LogP contribution in [0.4, 0.5) is 0 Å². The van der Waals surface area contributed by atoms with Gasteiger partial charge in [-0.05, 0) is 0 Å². The zero-order chi connectivity index (χ0) is 8.54. The lowest BCUT2D eigenvalue weighted by Crippen LogP contribution is -3.00. The standard InChI is InChI=1S/C8H17BrNO.BrH/c1-10(2,3)5-8(4-9)6-11-7-8;/h4-7H2,1-3H3;1H/q+1;/p-1. The second kappa shape index (κ2) is 4.40. The maximum absolute atomic E-state index is 5.24. The second-order valence-electron chi connectivity index (χ2n) is 4.57. The Kier molecular flexibility index (Phi) is 4.72. The molecule has 0 spiro atoms. The van der Waals surface area contributed by atoms with Crippen molar-refractivity contribution in [3.63, 3.8) is 0 Å². The second-order valence-corrected chi connectivity index (χ2v) is 5.14. The molecule has 0 aromatic heterocycles. The van der Waals surface area contributed by atoms with Crippen LogP contribution in [0.15, 0.2) is 0 Å². The van der Waals surface area contributed by atoms with Crippen LogP contribution in [0.1, 0.15) is 0 Å². The Morgan fingerprint density at radius 2 is 1.83 bits per heavy atom. The summed E-state index contributed by atoms with van der Waals surface area (Å²) in [6.07, 6.45) is 0. The Labute approximate surface area is 93.8 Å². The van der Waals surface area contributed by atoms with E-state index in [2.05, 4.69) is 37.1 Å². The SMILES string of the molecule is C[N+](C)(C)CC1(CBr)COC1.[Br-]. The Morgan fingerprint density at radius 1 is 1.33 bits per heavy atom. The molecule has 1 rings (SSSR count). The molecule has 12 heavy (non-hydrogen) atoms. The third-order valence-electron chi connectivity index (χ3n) is 1.91. The van der Waals surface area contributed by atoms with Crippen LogP contribution in [-0.2, 0) is 4.74 Å². The summed E-state index contributed by atoms with van der Waals surface area (Å²) in [6, 6.07) is 0. The molecule has 0 radical (unpaired) electrons. The summed E-state index contributed by atoms with van der Waals surface area (Å²) in [5.74, 6) is 0. The van der Waals surface area contributed by atoms with Crippen molar-refractivity contribution in [1.82, 2.24) is 0 Å². The molecule has 0 atom stereocenters. The number of ether oxygens (including phenoxy) is 1. The van der Waals surface area contributed by atoms with E-state index in [1.807, 2.05) is 0 Å². The molecule has 1 aliphatic heterocycles. The van der Waals surface area contributed by atoms with E-state index >= 15 is 0 Å². The van der Waals surface area contributed by atoms with Crippen LogP contribution >= 0.6 is 15.9 Å². The summed E-state index contributed by atoms with van der Waals surface area (Å²) in [5.41, 5.74) is 0.415. The fourth-order valence-corrected chi connectivity index (χ4v) is 2.11. The monoisotopic (exact) mass is 301 g/mol. The van der Waals surface area contributed by atoms with E-state index in [9.17, 15) is 0 Å². The van der Waals surface area contributed by atoms with Crippen molar-refractivity contribution >= 4 is 15.9 Å². The van der Waals surface area contributed by atoms with Gasteiger partial charge in [0.05, 0.1) is 46.3 Å². The van der Waals surface area contributed by atoms with Crippen molar-refractivity contribution in [2.75, 3.05) is 46.2 Å². The van der Waals surface area contributed by atoms with Gasteiger partial charge in [0.15, 0.2) is 0 Å². The molecule has 1 heterocycles. The molecule has 0 unspecified atom stereocenters. The summed E-state index contributed by atoms with van der Waals surface area (Å²) >= 11 is 3.55. The number of rotatable bonds is 3. The Morgan fingerprint density at radius 3 is 1.92 bits per heavy atom. The average molecular weight is 303 g/mol. The minimum Gasteiger partial charge on any atom is -1.00 e. The van der Waals surface area contributed by atoms with Gasteiger partial charge in [-0.3, -0.25) is 0 Å². The number of quaternary nitrogens is 1. The zero-order valence-electron chi connectivity index (χ0n) is 7.94. The van der Waals surface area contributed by atoms with Crippen molar-refractivity contribution in [2.45, 2.75) is 0 Å². The molecule has 0 aromatic rings. The smallest absolute Gasteiger partial charge is 0.0890 e. The molecular weight excluding hydrogens is 286 g/mol. The summed E-state index contributed by atoms with van der Waals surface area (Å²) in [6.45, 7) is 3.04. The third kappa shape index (κ3) is 3.32. The highest BCUT2D eigenvalue weighted by Gasteiger charge is 2.42. The summed E-state index contributed by atoms with van der Waals surface area (Å²) < 4.78 is 6.26. The number of alkyl halides is 1. The topological polar surface area (TPSA) is 9.23 Å². The molecule has 4 heteroatoms. The van der Waals surface area contributed by atoms with E-state index in [4.69, 9.17) is 4.74 Å². The molecule has 0 N–H and O–H groups in total. The predicted molar refractivity (Wildman–Crippen MR) is 49.9 cm³/mol. The van der Waals surface area contributed by atoms with Crippen LogP contribution in [-0.4, -0.2) is 50.7 Å². The first-order chi connectivity index (χ1) is 4.97. The van der Waals surface area contributed by atoms with Crippen molar-refractivity contribution < 1.29 is 26.2 Å². The van der Waals surface area contributed by atoms with Crippen molar-refractivity contribution in [3.8, 4) is 0 Å². The number of hydrogen-bond donors (Lipinski definition) is 0. The first-order valence-electron chi connectivity index (χ1n) is 3.92. The highest BCUT2D eigenvalue weighted by atomic mass is 79.9. The minimum absolute atomic E-state index is 0. The van der Waals surface area contributed by atoms with Gasteiger partial charge in [0.2, 0.25) is 0 Å². The highest BCUT2D eigenvalue weighted by Crippen LogP contribution is 2.31. The fourth-order valence-electron chi connectivity index (χ4n) is 1.61. The summed E-state index contributed by atoms with van der Waals surface area (Å²) in [4.78, 5) is 0. The van der Waals surface area contributed by atoms with Crippen LogP contribution in [0.2, 0.25) is 0 Å². The normalized spacial score (nSPS) is 21.0. The van der Waals surface area contributed by atoms with E-state index in [1.54, 1.807) is 0 Å². The maximum atomic E-state index is 5.24. The lowest BCUT2D eigenvalue weighted by molar-refractivity contribution is -0.878.